The molecule has 0 aliphatic carbocycles. The summed E-state index contributed by atoms with van der Waals surface area (Å²) in [7, 11) is 1.93. The fraction of sp³-hybridized carbons (Fsp3) is 0.174. The number of nitrogens with zero attached hydrogens (tertiary/aromatic N) is 4. The van der Waals surface area contributed by atoms with Gasteiger partial charge >= 0.3 is 0 Å². The largest absolute Gasteiger partial charge is 0.368 e. The minimum atomic E-state index is -0.290. The number of aryl methyl sites for hydroxylation is 1. The smallest absolute Gasteiger partial charge is 0.220 e. The summed E-state index contributed by atoms with van der Waals surface area (Å²) in [5, 5.41) is 0. The summed E-state index contributed by atoms with van der Waals surface area (Å²) in [6.07, 6.45) is 1.62. The Bertz CT molecular complexity index is 1100. The molecular formula is C23H24FN5. The topological polar surface area (TPSA) is 69.6 Å². The van der Waals surface area contributed by atoms with E-state index in [1.54, 1.807) is 24.4 Å². The van der Waals surface area contributed by atoms with E-state index in [1.807, 2.05) is 56.7 Å². The van der Waals surface area contributed by atoms with Crippen LogP contribution in [0.4, 0.5) is 10.3 Å². The first-order valence-electron chi connectivity index (χ1n) is 9.51. The van der Waals surface area contributed by atoms with Crippen LogP contribution in [0.5, 0.6) is 0 Å². The number of hydrogen-bond donors (Lipinski definition) is 1. The second-order valence-electron chi connectivity index (χ2n) is 6.36. The van der Waals surface area contributed by atoms with Crippen molar-refractivity contribution in [1.29, 1.82) is 0 Å². The average molecular weight is 389 g/mol. The van der Waals surface area contributed by atoms with Crippen LogP contribution in [-0.4, -0.2) is 19.5 Å². The predicted molar refractivity (Wildman–Crippen MR) is 116 cm³/mol. The van der Waals surface area contributed by atoms with Gasteiger partial charge in [0.25, 0.3) is 0 Å². The Morgan fingerprint density at radius 3 is 2.10 bits per heavy atom. The zero-order valence-corrected chi connectivity index (χ0v) is 17.0. The fourth-order valence-electron chi connectivity index (χ4n) is 3.07. The molecule has 0 radical (unpaired) electrons. The number of imidazole rings is 1. The Morgan fingerprint density at radius 2 is 1.48 bits per heavy atom. The van der Waals surface area contributed by atoms with Crippen molar-refractivity contribution in [2.24, 2.45) is 7.05 Å². The third-order valence-corrected chi connectivity index (χ3v) is 4.44. The highest BCUT2D eigenvalue weighted by molar-refractivity contribution is 5.80. The number of benzene rings is 2. The zero-order valence-electron chi connectivity index (χ0n) is 17.0. The second kappa shape index (κ2) is 8.65. The Labute approximate surface area is 170 Å². The fourth-order valence-corrected chi connectivity index (χ4v) is 3.07. The zero-order chi connectivity index (χ0) is 21.0. The highest BCUT2D eigenvalue weighted by Crippen LogP contribution is 2.34. The van der Waals surface area contributed by atoms with Crippen LogP contribution >= 0.6 is 0 Å². The summed E-state index contributed by atoms with van der Waals surface area (Å²) >= 11 is 0. The van der Waals surface area contributed by atoms with E-state index in [0.29, 0.717) is 11.4 Å². The Kier molecular flexibility index (Phi) is 6.02. The lowest BCUT2D eigenvalue weighted by molar-refractivity contribution is 0.628. The first-order chi connectivity index (χ1) is 14.0. The van der Waals surface area contributed by atoms with Gasteiger partial charge in [0.1, 0.15) is 11.6 Å². The van der Waals surface area contributed by atoms with E-state index in [4.69, 9.17) is 10.7 Å². The van der Waals surface area contributed by atoms with E-state index in [1.165, 1.54) is 17.7 Å². The Morgan fingerprint density at radius 1 is 0.862 bits per heavy atom. The number of anilines is 1. The molecule has 0 saturated heterocycles. The van der Waals surface area contributed by atoms with Crippen molar-refractivity contribution in [1.82, 2.24) is 19.5 Å². The SMILES string of the molecule is CC.Cc1ccc(-c2nc(-c3ccc(F)cc3)c(-c3ccnc(N)n3)n2C)cc1. The molecular weight excluding hydrogens is 365 g/mol. The van der Waals surface area contributed by atoms with Crippen molar-refractivity contribution in [2.45, 2.75) is 20.8 Å². The Balaban J connectivity index is 0.00000117. The van der Waals surface area contributed by atoms with Crippen LogP contribution in [0.25, 0.3) is 34.0 Å². The van der Waals surface area contributed by atoms with Gasteiger partial charge in [-0.3, -0.25) is 0 Å². The molecule has 4 rings (SSSR count). The summed E-state index contributed by atoms with van der Waals surface area (Å²) in [4.78, 5) is 13.2. The van der Waals surface area contributed by atoms with E-state index in [2.05, 4.69) is 9.97 Å². The molecule has 2 N–H and O–H groups in total. The van der Waals surface area contributed by atoms with Crippen LogP contribution in [0.3, 0.4) is 0 Å². The Hall–Kier alpha value is -3.54. The minimum absolute atomic E-state index is 0.190. The maximum Gasteiger partial charge on any atom is 0.220 e. The first kappa shape index (κ1) is 20.2. The van der Waals surface area contributed by atoms with Crippen molar-refractivity contribution >= 4 is 5.95 Å². The van der Waals surface area contributed by atoms with E-state index >= 15 is 0 Å². The van der Waals surface area contributed by atoms with Gasteiger partial charge in [-0.15, -0.1) is 0 Å². The first-order valence-corrected chi connectivity index (χ1v) is 9.51. The molecule has 0 aliphatic rings. The third-order valence-electron chi connectivity index (χ3n) is 4.44. The summed E-state index contributed by atoms with van der Waals surface area (Å²) in [6, 6.07) is 16.2. The van der Waals surface area contributed by atoms with Crippen LogP contribution in [-0.2, 0) is 7.05 Å². The van der Waals surface area contributed by atoms with Gasteiger partial charge < -0.3 is 10.3 Å². The second-order valence-corrected chi connectivity index (χ2v) is 6.36. The van der Waals surface area contributed by atoms with E-state index < -0.39 is 0 Å². The molecule has 0 fully saturated rings. The molecule has 29 heavy (non-hydrogen) atoms. The van der Waals surface area contributed by atoms with E-state index in [-0.39, 0.29) is 11.8 Å². The van der Waals surface area contributed by atoms with Gasteiger partial charge in [0.05, 0.1) is 17.1 Å². The number of nitrogens with two attached hydrogens (primary N) is 1. The van der Waals surface area contributed by atoms with Gasteiger partial charge in [0, 0.05) is 24.4 Å². The van der Waals surface area contributed by atoms with Crippen molar-refractivity contribution in [3.05, 3.63) is 72.2 Å². The van der Waals surface area contributed by atoms with Gasteiger partial charge in [0.15, 0.2) is 0 Å². The number of hydrogen-bond acceptors (Lipinski definition) is 4. The van der Waals surface area contributed by atoms with Crippen molar-refractivity contribution in [3.8, 4) is 34.0 Å². The maximum absolute atomic E-state index is 13.4. The van der Waals surface area contributed by atoms with E-state index in [0.717, 1.165) is 22.6 Å². The summed E-state index contributed by atoms with van der Waals surface area (Å²) in [6.45, 7) is 6.04. The molecule has 2 heterocycles. The van der Waals surface area contributed by atoms with Crippen LogP contribution in [0.2, 0.25) is 0 Å². The lowest BCUT2D eigenvalue weighted by atomic mass is 10.1. The molecule has 5 nitrogen and oxygen atoms in total. The number of aromatic nitrogens is 4. The van der Waals surface area contributed by atoms with Crippen LogP contribution in [0, 0.1) is 12.7 Å². The van der Waals surface area contributed by atoms with Gasteiger partial charge in [0.2, 0.25) is 5.95 Å². The highest BCUT2D eigenvalue weighted by Gasteiger charge is 2.20. The lowest BCUT2D eigenvalue weighted by Gasteiger charge is -2.08. The molecule has 0 saturated carbocycles. The number of halogens is 1. The molecule has 0 spiro atoms. The molecule has 2 aromatic carbocycles. The third kappa shape index (κ3) is 4.16. The summed E-state index contributed by atoms with van der Waals surface area (Å²) < 4.78 is 15.4. The van der Waals surface area contributed by atoms with Gasteiger partial charge in [-0.05, 0) is 37.3 Å². The van der Waals surface area contributed by atoms with Crippen LogP contribution < -0.4 is 5.73 Å². The quantitative estimate of drug-likeness (QED) is 0.518. The summed E-state index contributed by atoms with van der Waals surface area (Å²) in [5.41, 5.74) is 10.9. The molecule has 2 aromatic heterocycles. The predicted octanol–water partition coefficient (Wildman–Crippen LogP) is 5.27. The summed E-state index contributed by atoms with van der Waals surface area (Å²) in [5.74, 6) is 0.693. The van der Waals surface area contributed by atoms with Gasteiger partial charge in [-0.25, -0.2) is 19.3 Å². The van der Waals surface area contributed by atoms with Gasteiger partial charge in [-0.2, -0.15) is 0 Å². The van der Waals surface area contributed by atoms with Crippen molar-refractivity contribution in [3.63, 3.8) is 0 Å². The monoisotopic (exact) mass is 389 g/mol. The van der Waals surface area contributed by atoms with Crippen molar-refractivity contribution < 1.29 is 4.39 Å². The molecule has 0 unspecified atom stereocenters. The lowest BCUT2D eigenvalue weighted by Crippen LogP contribution is -2.00. The normalized spacial score (nSPS) is 10.4. The standard InChI is InChI=1S/C21H18FN5.C2H6/c1-13-3-5-15(6-4-13)20-26-18(14-7-9-16(22)10-8-14)19(27(20)2)17-11-12-24-21(23)25-17;1-2/h3-12H,1-2H3,(H2,23,24,25);1-2H3. The molecule has 0 bridgehead atoms. The minimum Gasteiger partial charge on any atom is -0.368 e. The molecule has 0 aliphatic heterocycles. The van der Waals surface area contributed by atoms with Crippen molar-refractivity contribution in [2.75, 3.05) is 5.73 Å². The van der Waals surface area contributed by atoms with Crippen LogP contribution in [0.15, 0.2) is 60.8 Å². The number of nitrogen functional groups attached to an aromatic ring is 1. The molecule has 0 amide bonds. The number of rotatable bonds is 3. The molecule has 148 valence electrons. The molecule has 6 heteroatoms. The highest BCUT2D eigenvalue weighted by atomic mass is 19.1. The maximum atomic E-state index is 13.4. The van der Waals surface area contributed by atoms with E-state index in [9.17, 15) is 4.39 Å². The molecule has 4 aromatic rings. The average Bonchev–Trinajstić information content (AvgIpc) is 3.08. The van der Waals surface area contributed by atoms with Gasteiger partial charge in [-0.1, -0.05) is 43.7 Å². The van der Waals surface area contributed by atoms with Crippen LogP contribution in [0.1, 0.15) is 19.4 Å². The molecule has 0 atom stereocenters.